The van der Waals surface area contributed by atoms with Crippen molar-refractivity contribution in [3.05, 3.63) is 0 Å². The van der Waals surface area contributed by atoms with Crippen molar-refractivity contribution in [1.82, 2.24) is 0 Å². The molecule has 0 saturated carbocycles. The second-order valence-electron chi connectivity index (χ2n) is 0.316. The Bertz CT molecular complexity index is 9.61. The fourth-order valence-corrected chi connectivity index (χ4v) is 0. The number of hydrogen-bond acceptors (Lipinski definition) is 1. The SMILES string of the molecule is CCO.Cl.[Zn]. The normalized spacial score (nSPS) is 3.60. The largest absolute Gasteiger partial charge is 0.397 e. The van der Waals surface area contributed by atoms with E-state index in [1.165, 1.54) is 0 Å². The van der Waals surface area contributed by atoms with Gasteiger partial charge in [-0.15, -0.1) is 12.4 Å². The zero-order valence-corrected chi connectivity index (χ0v) is 7.05. The van der Waals surface area contributed by atoms with Crippen LogP contribution in [0.2, 0.25) is 0 Å². The molecule has 0 aromatic rings. The van der Waals surface area contributed by atoms with Crippen LogP contribution in [0.15, 0.2) is 0 Å². The summed E-state index contributed by atoms with van der Waals surface area (Å²) in [6.45, 7) is 1.93. The van der Waals surface area contributed by atoms with Gasteiger partial charge in [0.15, 0.2) is 0 Å². The molecule has 0 aromatic carbocycles. The van der Waals surface area contributed by atoms with Crippen molar-refractivity contribution in [2.45, 2.75) is 6.92 Å². The zero-order valence-electron chi connectivity index (χ0n) is 3.27. The molecule has 0 atom stereocenters. The summed E-state index contributed by atoms with van der Waals surface area (Å²) in [7, 11) is 0. The molecule has 0 rings (SSSR count). The molecular formula is C2H7ClOZn. The molecule has 0 radical (unpaired) electrons. The van der Waals surface area contributed by atoms with Crippen LogP contribution in [-0.2, 0) is 19.5 Å². The fourth-order valence-electron chi connectivity index (χ4n) is 0. The fraction of sp³-hybridized carbons (Fsp3) is 1.00. The molecule has 0 aliphatic rings. The third-order valence-corrected chi connectivity index (χ3v) is 0. The number of halogens is 1. The second kappa shape index (κ2) is 20.8. The van der Waals surface area contributed by atoms with Crippen molar-refractivity contribution in [1.29, 1.82) is 0 Å². The van der Waals surface area contributed by atoms with Crippen LogP contribution >= 0.6 is 12.4 Å². The summed E-state index contributed by atoms with van der Waals surface area (Å²) in [5.74, 6) is 0. The van der Waals surface area contributed by atoms with E-state index >= 15 is 0 Å². The van der Waals surface area contributed by atoms with Gasteiger partial charge in [-0.05, 0) is 6.92 Å². The van der Waals surface area contributed by atoms with E-state index in [0.29, 0.717) is 0 Å². The third kappa shape index (κ3) is 52.7. The molecule has 3 heteroatoms. The van der Waals surface area contributed by atoms with Gasteiger partial charge in [-0.2, -0.15) is 0 Å². The minimum atomic E-state index is 0. The Morgan fingerprint density at radius 2 is 1.60 bits per heavy atom. The van der Waals surface area contributed by atoms with Crippen molar-refractivity contribution in [2.24, 2.45) is 0 Å². The minimum absolute atomic E-state index is 0. The first kappa shape index (κ1) is 16.9. The Kier molecular flexibility index (Phi) is 70.4. The minimum Gasteiger partial charge on any atom is -0.397 e. The molecular weight excluding hydrogens is 141 g/mol. The molecule has 0 bridgehead atoms. The van der Waals surface area contributed by atoms with Crippen LogP contribution in [-0.4, -0.2) is 11.7 Å². The van der Waals surface area contributed by atoms with Crippen molar-refractivity contribution >= 4 is 12.4 Å². The van der Waals surface area contributed by atoms with Gasteiger partial charge in [0.2, 0.25) is 0 Å². The first-order valence-electron chi connectivity index (χ1n) is 1.02. The van der Waals surface area contributed by atoms with Crippen molar-refractivity contribution in [3.63, 3.8) is 0 Å². The predicted molar refractivity (Wildman–Crippen MR) is 20.0 cm³/mol. The molecule has 1 nitrogen and oxygen atoms in total. The summed E-state index contributed by atoms with van der Waals surface area (Å²) >= 11 is 0. The van der Waals surface area contributed by atoms with Crippen LogP contribution in [0.3, 0.4) is 0 Å². The Hall–Kier alpha value is 0.873. The Morgan fingerprint density at radius 1 is 1.60 bits per heavy atom. The van der Waals surface area contributed by atoms with E-state index in [4.69, 9.17) is 5.11 Å². The maximum absolute atomic E-state index is 7.57. The average molecular weight is 148 g/mol. The number of aliphatic hydroxyl groups excluding tert-OH is 1. The number of aliphatic hydroxyl groups is 1. The summed E-state index contributed by atoms with van der Waals surface area (Å²) in [5, 5.41) is 7.57. The Morgan fingerprint density at radius 3 is 1.60 bits per heavy atom. The van der Waals surface area contributed by atoms with Crippen LogP contribution in [0.1, 0.15) is 6.92 Å². The Balaban J connectivity index is -0.0000000200. The van der Waals surface area contributed by atoms with E-state index in [2.05, 4.69) is 0 Å². The summed E-state index contributed by atoms with van der Waals surface area (Å²) in [4.78, 5) is 0. The summed E-state index contributed by atoms with van der Waals surface area (Å²) in [6.07, 6.45) is 0. The van der Waals surface area contributed by atoms with Crippen molar-refractivity contribution < 1.29 is 24.6 Å². The van der Waals surface area contributed by atoms with Gasteiger partial charge in [0.05, 0.1) is 0 Å². The first-order valence-corrected chi connectivity index (χ1v) is 1.02. The van der Waals surface area contributed by atoms with Crippen molar-refractivity contribution in [2.75, 3.05) is 6.61 Å². The van der Waals surface area contributed by atoms with Gasteiger partial charge in [-0.3, -0.25) is 0 Å². The smallest absolute Gasteiger partial charge is 0.0402 e. The summed E-state index contributed by atoms with van der Waals surface area (Å²) in [6, 6.07) is 0. The van der Waals surface area contributed by atoms with Crippen molar-refractivity contribution in [3.8, 4) is 0 Å². The molecule has 0 unspecified atom stereocenters. The van der Waals surface area contributed by atoms with Crippen LogP contribution in [0.25, 0.3) is 0 Å². The van der Waals surface area contributed by atoms with Gasteiger partial charge in [-0.25, -0.2) is 0 Å². The molecule has 0 heterocycles. The van der Waals surface area contributed by atoms with Crippen LogP contribution in [0, 0.1) is 0 Å². The molecule has 0 aliphatic carbocycles. The molecule has 1 N–H and O–H groups in total. The van der Waals surface area contributed by atoms with Crippen LogP contribution < -0.4 is 0 Å². The third-order valence-electron chi connectivity index (χ3n) is 0. The molecule has 0 aliphatic heterocycles. The summed E-state index contributed by atoms with van der Waals surface area (Å²) < 4.78 is 0. The number of hydrogen-bond donors (Lipinski definition) is 1. The van der Waals surface area contributed by atoms with Crippen LogP contribution in [0.4, 0.5) is 0 Å². The predicted octanol–water partition coefficient (Wildman–Crippen LogP) is 0.418. The van der Waals surface area contributed by atoms with Gasteiger partial charge >= 0.3 is 0 Å². The molecule has 5 heavy (non-hydrogen) atoms. The maximum atomic E-state index is 7.57. The van der Waals surface area contributed by atoms with E-state index < -0.39 is 0 Å². The van der Waals surface area contributed by atoms with E-state index in [-0.39, 0.29) is 38.5 Å². The van der Waals surface area contributed by atoms with Gasteiger partial charge in [0, 0.05) is 26.1 Å². The number of rotatable bonds is 0. The first-order chi connectivity index (χ1) is 1.41. The van der Waals surface area contributed by atoms with Gasteiger partial charge < -0.3 is 5.11 Å². The van der Waals surface area contributed by atoms with Gasteiger partial charge in [0.1, 0.15) is 0 Å². The second-order valence-corrected chi connectivity index (χ2v) is 0.316. The van der Waals surface area contributed by atoms with Gasteiger partial charge in [-0.1, -0.05) is 0 Å². The molecule has 0 saturated heterocycles. The standard InChI is InChI=1S/C2H6O.ClH.Zn/c1-2-3;;/h3H,2H2,1H3;1H;. The van der Waals surface area contributed by atoms with Crippen LogP contribution in [0.5, 0.6) is 0 Å². The monoisotopic (exact) mass is 146 g/mol. The molecule has 0 fully saturated rings. The Labute approximate surface area is 50.9 Å². The summed E-state index contributed by atoms with van der Waals surface area (Å²) in [5.41, 5.74) is 0. The zero-order chi connectivity index (χ0) is 2.71. The quantitative estimate of drug-likeness (QED) is 0.493. The molecule has 0 spiro atoms. The molecule has 0 amide bonds. The van der Waals surface area contributed by atoms with E-state index in [0.717, 1.165) is 0 Å². The molecule has 0 aromatic heterocycles. The maximum Gasteiger partial charge on any atom is 0.0402 e. The van der Waals surface area contributed by atoms with E-state index in [1.54, 1.807) is 6.92 Å². The molecule has 30 valence electrons. The van der Waals surface area contributed by atoms with E-state index in [9.17, 15) is 0 Å². The average Bonchev–Trinajstić information content (AvgIpc) is 0.918. The van der Waals surface area contributed by atoms with Gasteiger partial charge in [0.25, 0.3) is 0 Å². The van der Waals surface area contributed by atoms with E-state index in [1.807, 2.05) is 0 Å². The topological polar surface area (TPSA) is 20.2 Å².